The van der Waals surface area contributed by atoms with E-state index in [1.807, 2.05) is 41.7 Å². The minimum atomic E-state index is -0.00423. The van der Waals surface area contributed by atoms with Gasteiger partial charge < -0.3 is 20.3 Å². The van der Waals surface area contributed by atoms with Gasteiger partial charge in [0.05, 0.1) is 13.2 Å². The Bertz CT molecular complexity index is 745. The van der Waals surface area contributed by atoms with Crippen LogP contribution in [-0.4, -0.2) is 38.8 Å². The zero-order valence-corrected chi connectivity index (χ0v) is 16.5. The molecule has 1 heterocycles. The Morgan fingerprint density at radius 1 is 1.22 bits per heavy atom. The maximum absolute atomic E-state index is 12.2. The molecule has 0 aliphatic carbocycles. The average molecular weight is 390 g/mol. The lowest BCUT2D eigenvalue weighted by molar-refractivity contribution is -0.921. The van der Waals surface area contributed by atoms with Crippen molar-refractivity contribution in [2.75, 3.05) is 38.2 Å². The Morgan fingerprint density at radius 3 is 2.67 bits per heavy atom. The first-order valence-corrected chi connectivity index (χ1v) is 9.87. The summed E-state index contributed by atoms with van der Waals surface area (Å²) in [7, 11) is 0. The van der Waals surface area contributed by atoms with Crippen molar-refractivity contribution in [3.05, 3.63) is 64.7 Å². The van der Waals surface area contributed by atoms with Crippen LogP contribution in [-0.2, 0) is 16.1 Å². The number of amides is 1. The number of benzene rings is 2. The Hall–Kier alpha value is -1.92. The number of rotatable bonds is 7. The maximum atomic E-state index is 12.2. The second-order valence-corrected chi connectivity index (χ2v) is 7.50. The summed E-state index contributed by atoms with van der Waals surface area (Å²) in [5.41, 5.74) is 3.24. The molecule has 144 valence electrons. The molecule has 1 aliphatic rings. The highest BCUT2D eigenvalue weighted by Crippen LogP contribution is 2.14. The molecule has 5 nitrogen and oxygen atoms in total. The number of quaternary nitrogens is 2. The molecule has 1 amide bonds. The Labute approximate surface area is 165 Å². The average Bonchev–Trinajstić information content (AvgIpc) is 2.68. The van der Waals surface area contributed by atoms with Gasteiger partial charge in [0.15, 0.2) is 6.54 Å². The van der Waals surface area contributed by atoms with Crippen molar-refractivity contribution in [3.63, 3.8) is 0 Å². The molecule has 6 heteroatoms. The minimum absolute atomic E-state index is 0.00423. The molecule has 1 aliphatic heterocycles. The highest BCUT2D eigenvalue weighted by molar-refractivity contribution is 6.30. The van der Waals surface area contributed by atoms with Gasteiger partial charge in [-0.05, 0) is 31.2 Å². The van der Waals surface area contributed by atoms with Gasteiger partial charge in [-0.15, -0.1) is 0 Å². The lowest BCUT2D eigenvalue weighted by Gasteiger charge is -2.23. The van der Waals surface area contributed by atoms with Gasteiger partial charge >= 0.3 is 0 Å². The molecule has 0 spiro atoms. The molecule has 1 atom stereocenters. The SMILES string of the molecule is C[C@@H]([NH2+]CC(=O)Nc1ccc(C[NH+]2CCOCC2)cc1)c1cccc(Cl)c1. The third-order valence-corrected chi connectivity index (χ3v) is 5.16. The van der Waals surface area contributed by atoms with Crippen LogP contribution in [0.1, 0.15) is 24.1 Å². The summed E-state index contributed by atoms with van der Waals surface area (Å²) in [5.74, 6) is -0.00423. The van der Waals surface area contributed by atoms with Gasteiger partial charge in [0.1, 0.15) is 25.7 Å². The summed E-state index contributed by atoms with van der Waals surface area (Å²) in [6, 6.07) is 16.1. The minimum Gasteiger partial charge on any atom is -0.370 e. The summed E-state index contributed by atoms with van der Waals surface area (Å²) in [6.07, 6.45) is 0. The number of hydrogen-bond donors (Lipinski definition) is 3. The fourth-order valence-electron chi connectivity index (χ4n) is 3.25. The number of morpholine rings is 1. The number of carbonyl (C=O) groups excluding carboxylic acids is 1. The summed E-state index contributed by atoms with van der Waals surface area (Å²) in [6.45, 7) is 7.23. The predicted octanol–water partition coefficient (Wildman–Crippen LogP) is 1.02. The number of hydrogen-bond acceptors (Lipinski definition) is 2. The van der Waals surface area contributed by atoms with Gasteiger partial charge in [0.2, 0.25) is 0 Å². The van der Waals surface area contributed by atoms with E-state index in [1.165, 1.54) is 5.56 Å². The second kappa shape index (κ2) is 9.85. The normalized spacial score (nSPS) is 16.1. The van der Waals surface area contributed by atoms with E-state index in [2.05, 4.69) is 24.4 Å². The molecule has 3 rings (SSSR count). The van der Waals surface area contributed by atoms with Crippen molar-refractivity contribution in [1.82, 2.24) is 0 Å². The van der Waals surface area contributed by atoms with Crippen LogP contribution < -0.4 is 15.5 Å². The number of ether oxygens (including phenoxy) is 1. The van der Waals surface area contributed by atoms with Crippen molar-refractivity contribution in [1.29, 1.82) is 0 Å². The fourth-order valence-corrected chi connectivity index (χ4v) is 3.45. The van der Waals surface area contributed by atoms with Crippen LogP contribution >= 0.6 is 11.6 Å². The molecular formula is C21H28ClN3O2+2. The van der Waals surface area contributed by atoms with Crippen molar-refractivity contribution in [2.45, 2.75) is 19.5 Å². The quantitative estimate of drug-likeness (QED) is 0.662. The molecule has 0 aromatic heterocycles. The van der Waals surface area contributed by atoms with Gasteiger partial charge in [-0.3, -0.25) is 4.79 Å². The van der Waals surface area contributed by atoms with E-state index in [0.29, 0.717) is 6.54 Å². The number of halogens is 1. The van der Waals surface area contributed by atoms with Crippen LogP contribution in [0.2, 0.25) is 5.02 Å². The molecule has 0 radical (unpaired) electrons. The monoisotopic (exact) mass is 389 g/mol. The summed E-state index contributed by atoms with van der Waals surface area (Å²) in [5, 5.41) is 5.70. The highest BCUT2D eigenvalue weighted by atomic mass is 35.5. The first-order chi connectivity index (χ1) is 13.1. The van der Waals surface area contributed by atoms with E-state index in [4.69, 9.17) is 16.3 Å². The van der Waals surface area contributed by atoms with Crippen molar-refractivity contribution >= 4 is 23.2 Å². The molecular weight excluding hydrogens is 362 g/mol. The van der Waals surface area contributed by atoms with E-state index in [9.17, 15) is 4.79 Å². The molecule has 27 heavy (non-hydrogen) atoms. The zero-order chi connectivity index (χ0) is 19.1. The van der Waals surface area contributed by atoms with E-state index in [-0.39, 0.29) is 11.9 Å². The standard InChI is InChI=1S/C21H26ClN3O2/c1-16(18-3-2-4-19(22)13-18)23-14-21(26)24-20-7-5-17(6-8-20)15-25-9-11-27-12-10-25/h2-8,13,16,23H,9-12,14-15H2,1H3,(H,24,26)/p+2/t16-/m1/s1. The molecule has 0 bridgehead atoms. The topological polar surface area (TPSA) is 59.4 Å². The third kappa shape index (κ3) is 6.33. The zero-order valence-electron chi connectivity index (χ0n) is 15.7. The largest absolute Gasteiger partial charge is 0.370 e. The molecule has 1 fully saturated rings. The molecule has 2 aromatic rings. The van der Waals surface area contributed by atoms with E-state index < -0.39 is 0 Å². The van der Waals surface area contributed by atoms with E-state index in [0.717, 1.165) is 49.1 Å². The Kier molecular flexibility index (Phi) is 7.24. The maximum Gasteiger partial charge on any atom is 0.279 e. The van der Waals surface area contributed by atoms with Gasteiger partial charge in [-0.2, -0.15) is 0 Å². The first-order valence-electron chi connectivity index (χ1n) is 9.49. The van der Waals surface area contributed by atoms with E-state index in [1.54, 1.807) is 4.90 Å². The number of anilines is 1. The van der Waals surface area contributed by atoms with Crippen molar-refractivity contribution < 1.29 is 19.7 Å². The Balaban J connectivity index is 1.44. The van der Waals surface area contributed by atoms with Crippen molar-refractivity contribution in [2.24, 2.45) is 0 Å². The molecule has 1 saturated heterocycles. The fraction of sp³-hybridized carbons (Fsp3) is 0.381. The first kappa shape index (κ1) is 19.8. The van der Waals surface area contributed by atoms with Gasteiger partial charge in [0, 0.05) is 21.8 Å². The van der Waals surface area contributed by atoms with Crippen LogP contribution in [0.3, 0.4) is 0 Å². The second-order valence-electron chi connectivity index (χ2n) is 7.07. The summed E-state index contributed by atoms with van der Waals surface area (Å²) >= 11 is 6.03. The van der Waals surface area contributed by atoms with Crippen molar-refractivity contribution in [3.8, 4) is 0 Å². The van der Waals surface area contributed by atoms with Crippen LogP contribution in [0.25, 0.3) is 0 Å². The van der Waals surface area contributed by atoms with Crippen LogP contribution in [0.4, 0.5) is 5.69 Å². The van der Waals surface area contributed by atoms with Crippen LogP contribution in [0, 0.1) is 0 Å². The molecule has 0 unspecified atom stereocenters. The number of nitrogens with two attached hydrogens (primary N) is 1. The summed E-state index contributed by atoms with van der Waals surface area (Å²) in [4.78, 5) is 13.8. The van der Waals surface area contributed by atoms with Gasteiger partial charge in [-0.25, -0.2) is 0 Å². The number of carbonyl (C=O) groups is 1. The predicted molar refractivity (Wildman–Crippen MR) is 107 cm³/mol. The highest BCUT2D eigenvalue weighted by Gasteiger charge is 2.15. The molecule has 2 aromatic carbocycles. The number of nitrogens with one attached hydrogen (secondary N) is 2. The summed E-state index contributed by atoms with van der Waals surface area (Å²) < 4.78 is 5.40. The van der Waals surface area contributed by atoms with E-state index >= 15 is 0 Å². The van der Waals surface area contributed by atoms with Crippen LogP contribution in [0.15, 0.2) is 48.5 Å². The molecule has 0 saturated carbocycles. The lowest BCUT2D eigenvalue weighted by Crippen LogP contribution is -3.12. The smallest absolute Gasteiger partial charge is 0.279 e. The molecule has 4 N–H and O–H groups in total. The lowest BCUT2D eigenvalue weighted by atomic mass is 10.1. The van der Waals surface area contributed by atoms with Gasteiger partial charge in [0.25, 0.3) is 5.91 Å². The van der Waals surface area contributed by atoms with Crippen LogP contribution in [0.5, 0.6) is 0 Å². The van der Waals surface area contributed by atoms with Gasteiger partial charge in [-0.1, -0.05) is 35.9 Å². The Morgan fingerprint density at radius 2 is 1.96 bits per heavy atom. The third-order valence-electron chi connectivity index (χ3n) is 4.92.